The standard InChI is InChI=1S/C29H31BrCl2N2O3/c1-4-20-10-13-27(24(30)14-20)37-18-28(35)34(17-22-11-12-23(31)16-25(22)32)26(29(36)33-19(2)3)15-21-8-6-5-7-9-21/h5-14,16,19,26H,4,15,17-18H2,1-3H3,(H,33,36)/t26-/m1/s1. The maximum Gasteiger partial charge on any atom is 0.261 e. The molecule has 0 bridgehead atoms. The Kier molecular flexibility index (Phi) is 10.9. The first kappa shape index (κ1) is 29.0. The number of benzene rings is 3. The monoisotopic (exact) mass is 604 g/mol. The van der Waals surface area contributed by atoms with Crippen LogP contribution in [0.25, 0.3) is 0 Å². The SMILES string of the molecule is CCc1ccc(OCC(=O)N(Cc2ccc(Cl)cc2Cl)[C@H](Cc2ccccc2)C(=O)NC(C)C)c(Br)c1. The lowest BCUT2D eigenvalue weighted by Gasteiger charge is -2.32. The largest absolute Gasteiger partial charge is 0.483 e. The van der Waals surface area contributed by atoms with Gasteiger partial charge in [0, 0.05) is 29.1 Å². The van der Waals surface area contributed by atoms with Crippen LogP contribution in [-0.4, -0.2) is 35.4 Å². The number of carbonyl (C=O) groups is 2. The van der Waals surface area contributed by atoms with Gasteiger partial charge in [-0.3, -0.25) is 9.59 Å². The van der Waals surface area contributed by atoms with Gasteiger partial charge in [-0.05, 0) is 77.2 Å². The molecule has 3 rings (SSSR count). The second kappa shape index (κ2) is 13.8. The summed E-state index contributed by atoms with van der Waals surface area (Å²) in [4.78, 5) is 28.7. The quantitative estimate of drug-likeness (QED) is 0.260. The molecule has 0 spiro atoms. The fraction of sp³-hybridized carbons (Fsp3) is 0.310. The highest BCUT2D eigenvalue weighted by molar-refractivity contribution is 9.10. The fourth-order valence-corrected chi connectivity index (χ4v) is 4.88. The molecule has 0 aliphatic carbocycles. The molecule has 0 fully saturated rings. The Morgan fingerprint density at radius 2 is 1.73 bits per heavy atom. The van der Waals surface area contributed by atoms with Crippen LogP contribution < -0.4 is 10.1 Å². The molecule has 3 aromatic carbocycles. The van der Waals surface area contributed by atoms with Crippen LogP contribution >= 0.6 is 39.1 Å². The average molecular weight is 606 g/mol. The number of nitrogens with one attached hydrogen (secondary N) is 1. The van der Waals surface area contributed by atoms with Crippen molar-refractivity contribution in [3.63, 3.8) is 0 Å². The second-order valence-corrected chi connectivity index (χ2v) is 10.7. The Bertz CT molecular complexity index is 1220. The molecule has 1 N–H and O–H groups in total. The summed E-state index contributed by atoms with van der Waals surface area (Å²) in [6.45, 7) is 5.73. The first-order valence-electron chi connectivity index (χ1n) is 12.2. The summed E-state index contributed by atoms with van der Waals surface area (Å²) < 4.78 is 6.67. The predicted molar refractivity (Wildman–Crippen MR) is 153 cm³/mol. The number of aryl methyl sites for hydroxylation is 1. The van der Waals surface area contributed by atoms with Gasteiger partial charge in [-0.2, -0.15) is 0 Å². The molecule has 8 heteroatoms. The highest BCUT2D eigenvalue weighted by atomic mass is 79.9. The molecule has 0 saturated carbocycles. The number of rotatable bonds is 11. The Hall–Kier alpha value is -2.54. The lowest BCUT2D eigenvalue weighted by atomic mass is 10.0. The summed E-state index contributed by atoms with van der Waals surface area (Å²) in [5.74, 6) is -0.0237. The number of amides is 2. The third-order valence-corrected chi connectivity index (χ3v) is 7.02. The van der Waals surface area contributed by atoms with Gasteiger partial charge >= 0.3 is 0 Å². The van der Waals surface area contributed by atoms with E-state index < -0.39 is 6.04 Å². The van der Waals surface area contributed by atoms with Crippen molar-refractivity contribution in [3.8, 4) is 5.75 Å². The molecule has 0 radical (unpaired) electrons. The molecule has 196 valence electrons. The molecule has 2 amide bonds. The summed E-state index contributed by atoms with van der Waals surface area (Å²) in [5, 5.41) is 3.89. The number of carbonyl (C=O) groups excluding carboxylic acids is 2. The molecule has 0 unspecified atom stereocenters. The van der Waals surface area contributed by atoms with Crippen LogP contribution in [0.15, 0.2) is 71.2 Å². The van der Waals surface area contributed by atoms with E-state index >= 15 is 0 Å². The zero-order valence-corrected chi connectivity index (χ0v) is 24.2. The molecule has 0 heterocycles. The molecule has 0 aliphatic heterocycles. The molecular weight excluding hydrogens is 575 g/mol. The van der Waals surface area contributed by atoms with E-state index in [0.29, 0.717) is 27.8 Å². The van der Waals surface area contributed by atoms with E-state index in [0.717, 1.165) is 22.0 Å². The third kappa shape index (κ3) is 8.49. The number of halogens is 3. The summed E-state index contributed by atoms with van der Waals surface area (Å²) >= 11 is 16.1. The van der Waals surface area contributed by atoms with E-state index in [1.165, 1.54) is 4.90 Å². The van der Waals surface area contributed by atoms with Crippen molar-refractivity contribution in [2.45, 2.75) is 52.2 Å². The van der Waals surface area contributed by atoms with Crippen molar-refractivity contribution in [2.24, 2.45) is 0 Å². The van der Waals surface area contributed by atoms with Crippen LogP contribution in [0.5, 0.6) is 5.75 Å². The van der Waals surface area contributed by atoms with Gasteiger partial charge in [-0.1, -0.05) is 72.6 Å². The molecule has 3 aromatic rings. The van der Waals surface area contributed by atoms with E-state index in [1.807, 2.05) is 62.4 Å². The second-order valence-electron chi connectivity index (χ2n) is 9.03. The molecule has 0 saturated heterocycles. The van der Waals surface area contributed by atoms with Crippen LogP contribution in [0, 0.1) is 0 Å². The van der Waals surface area contributed by atoms with Crippen LogP contribution in [0.3, 0.4) is 0 Å². The summed E-state index contributed by atoms with van der Waals surface area (Å²) in [7, 11) is 0. The predicted octanol–water partition coefficient (Wildman–Crippen LogP) is 6.86. The van der Waals surface area contributed by atoms with E-state index in [4.69, 9.17) is 27.9 Å². The Balaban J connectivity index is 1.94. The van der Waals surface area contributed by atoms with E-state index in [9.17, 15) is 9.59 Å². The van der Waals surface area contributed by atoms with Gasteiger partial charge in [0.2, 0.25) is 5.91 Å². The number of hydrogen-bond acceptors (Lipinski definition) is 3. The fourth-order valence-electron chi connectivity index (χ4n) is 3.87. The normalized spacial score (nSPS) is 11.8. The third-order valence-electron chi connectivity index (χ3n) is 5.81. The van der Waals surface area contributed by atoms with E-state index in [-0.39, 0.29) is 31.0 Å². The smallest absolute Gasteiger partial charge is 0.261 e. The van der Waals surface area contributed by atoms with Gasteiger partial charge in [-0.15, -0.1) is 0 Å². The van der Waals surface area contributed by atoms with Crippen molar-refractivity contribution in [1.29, 1.82) is 0 Å². The number of hydrogen-bond donors (Lipinski definition) is 1. The minimum absolute atomic E-state index is 0.0915. The zero-order chi connectivity index (χ0) is 26.9. The van der Waals surface area contributed by atoms with Crippen molar-refractivity contribution < 1.29 is 14.3 Å². The summed E-state index contributed by atoms with van der Waals surface area (Å²) in [5.41, 5.74) is 2.77. The van der Waals surface area contributed by atoms with E-state index in [1.54, 1.807) is 18.2 Å². The zero-order valence-electron chi connectivity index (χ0n) is 21.1. The van der Waals surface area contributed by atoms with Gasteiger partial charge in [0.25, 0.3) is 5.91 Å². The number of ether oxygens (including phenoxy) is 1. The van der Waals surface area contributed by atoms with Crippen molar-refractivity contribution in [3.05, 3.63) is 97.9 Å². The molecule has 0 aromatic heterocycles. The van der Waals surface area contributed by atoms with Crippen LogP contribution in [0.1, 0.15) is 37.5 Å². The Morgan fingerprint density at radius 1 is 1.00 bits per heavy atom. The molecule has 37 heavy (non-hydrogen) atoms. The van der Waals surface area contributed by atoms with Crippen LogP contribution in [-0.2, 0) is 29.0 Å². The molecule has 0 aliphatic rings. The molecule has 1 atom stereocenters. The molecular formula is C29H31BrCl2N2O3. The van der Waals surface area contributed by atoms with Gasteiger partial charge in [0.15, 0.2) is 6.61 Å². The maximum atomic E-state index is 13.7. The van der Waals surface area contributed by atoms with Gasteiger partial charge in [0.05, 0.1) is 4.47 Å². The van der Waals surface area contributed by atoms with Crippen LogP contribution in [0.4, 0.5) is 0 Å². The van der Waals surface area contributed by atoms with Gasteiger partial charge in [0.1, 0.15) is 11.8 Å². The summed E-state index contributed by atoms with van der Waals surface area (Å²) in [6, 6.07) is 19.6. The first-order valence-corrected chi connectivity index (χ1v) is 13.7. The lowest BCUT2D eigenvalue weighted by Crippen LogP contribution is -2.52. The van der Waals surface area contributed by atoms with Gasteiger partial charge in [-0.25, -0.2) is 0 Å². The lowest BCUT2D eigenvalue weighted by molar-refractivity contribution is -0.143. The highest BCUT2D eigenvalue weighted by Gasteiger charge is 2.31. The number of nitrogens with zero attached hydrogens (tertiary/aromatic N) is 1. The van der Waals surface area contributed by atoms with E-state index in [2.05, 4.69) is 28.2 Å². The highest BCUT2D eigenvalue weighted by Crippen LogP contribution is 2.27. The molecule has 5 nitrogen and oxygen atoms in total. The first-order chi connectivity index (χ1) is 17.7. The van der Waals surface area contributed by atoms with Crippen LogP contribution in [0.2, 0.25) is 10.0 Å². The van der Waals surface area contributed by atoms with Crippen molar-refractivity contribution >= 4 is 50.9 Å². The van der Waals surface area contributed by atoms with Gasteiger partial charge < -0.3 is 15.0 Å². The minimum atomic E-state index is -0.779. The van der Waals surface area contributed by atoms with Crippen molar-refractivity contribution in [1.82, 2.24) is 10.2 Å². The Labute approximate surface area is 237 Å². The maximum absolute atomic E-state index is 13.7. The Morgan fingerprint density at radius 3 is 2.35 bits per heavy atom. The minimum Gasteiger partial charge on any atom is -0.483 e. The summed E-state index contributed by atoms with van der Waals surface area (Å²) in [6.07, 6.45) is 1.23. The topological polar surface area (TPSA) is 58.6 Å². The average Bonchev–Trinajstić information content (AvgIpc) is 2.86. The van der Waals surface area contributed by atoms with Crippen molar-refractivity contribution in [2.75, 3.05) is 6.61 Å².